The first-order chi connectivity index (χ1) is 17.5. The average molecular weight is 489 g/mol. The van der Waals surface area contributed by atoms with Gasteiger partial charge in [-0.1, -0.05) is 18.2 Å². The topological polar surface area (TPSA) is 110 Å². The van der Waals surface area contributed by atoms with Crippen molar-refractivity contribution in [2.45, 2.75) is 6.54 Å². The number of nitrogens with one attached hydrogen (secondary N) is 1. The number of urea groups is 1. The van der Waals surface area contributed by atoms with Crippen LogP contribution >= 0.6 is 0 Å². The van der Waals surface area contributed by atoms with Crippen LogP contribution in [0.4, 0.5) is 10.5 Å². The maximum Gasteiger partial charge on any atom is 0.335 e. The molecule has 1 N–H and O–H groups in total. The molecule has 0 radical (unpaired) electrons. The first kappa shape index (κ1) is 23.3. The Kier molecular flexibility index (Phi) is 6.26. The number of imide groups is 2. The lowest BCUT2D eigenvalue weighted by Crippen LogP contribution is -2.54. The number of carbonyl (C=O) groups is 4. The quantitative estimate of drug-likeness (QED) is 0.436. The molecule has 0 atom stereocenters. The van der Waals surface area contributed by atoms with Gasteiger partial charge in [0.25, 0.3) is 11.8 Å². The first-order valence-corrected chi connectivity index (χ1v) is 11.4. The van der Waals surface area contributed by atoms with Gasteiger partial charge in [-0.2, -0.15) is 0 Å². The SMILES string of the molecule is COc1ccc(N2C(=O)NC(=O)/C(=C\c3cn(CC(=O)N4CCOCC4)c4ccccc34)C2=O)cc1. The second kappa shape index (κ2) is 9.67. The summed E-state index contributed by atoms with van der Waals surface area (Å²) in [4.78, 5) is 54.0. The molecule has 3 aromatic rings. The second-order valence-electron chi connectivity index (χ2n) is 8.38. The van der Waals surface area contributed by atoms with Gasteiger partial charge >= 0.3 is 6.03 Å². The van der Waals surface area contributed by atoms with Crippen molar-refractivity contribution in [3.05, 3.63) is 65.9 Å². The van der Waals surface area contributed by atoms with E-state index >= 15 is 0 Å². The summed E-state index contributed by atoms with van der Waals surface area (Å²) in [7, 11) is 1.51. The molecule has 184 valence electrons. The largest absolute Gasteiger partial charge is 0.497 e. The summed E-state index contributed by atoms with van der Waals surface area (Å²) in [6.07, 6.45) is 3.20. The number of morpholine rings is 1. The van der Waals surface area contributed by atoms with Gasteiger partial charge in [0.05, 0.1) is 26.0 Å². The predicted molar refractivity (Wildman–Crippen MR) is 131 cm³/mol. The zero-order chi connectivity index (χ0) is 25.2. The minimum absolute atomic E-state index is 0.0407. The number of carbonyl (C=O) groups excluding carboxylic acids is 4. The number of hydrogen-bond acceptors (Lipinski definition) is 6. The van der Waals surface area contributed by atoms with E-state index in [0.717, 1.165) is 15.8 Å². The summed E-state index contributed by atoms with van der Waals surface area (Å²) in [5.41, 5.74) is 1.49. The summed E-state index contributed by atoms with van der Waals surface area (Å²) >= 11 is 0. The molecule has 0 unspecified atom stereocenters. The second-order valence-corrected chi connectivity index (χ2v) is 8.38. The molecule has 10 nitrogen and oxygen atoms in total. The van der Waals surface area contributed by atoms with E-state index in [1.807, 2.05) is 24.3 Å². The van der Waals surface area contributed by atoms with E-state index in [-0.39, 0.29) is 18.0 Å². The van der Waals surface area contributed by atoms with E-state index in [9.17, 15) is 19.2 Å². The third-order valence-electron chi connectivity index (χ3n) is 6.22. The fraction of sp³-hybridized carbons (Fsp3) is 0.231. The minimum atomic E-state index is -0.828. The van der Waals surface area contributed by atoms with Crippen LogP contribution in [0.1, 0.15) is 5.56 Å². The molecule has 2 fully saturated rings. The summed E-state index contributed by atoms with van der Waals surface area (Å²) in [6, 6.07) is 13.0. The molecule has 0 bridgehead atoms. The van der Waals surface area contributed by atoms with Crippen molar-refractivity contribution in [1.29, 1.82) is 0 Å². The van der Waals surface area contributed by atoms with Crippen molar-refractivity contribution in [2.75, 3.05) is 38.3 Å². The molecule has 0 aliphatic carbocycles. The highest BCUT2D eigenvalue weighted by molar-refractivity contribution is 6.39. The van der Waals surface area contributed by atoms with Gasteiger partial charge < -0.3 is 18.9 Å². The Balaban J connectivity index is 1.49. The number of para-hydroxylation sites is 1. The highest BCUT2D eigenvalue weighted by Gasteiger charge is 2.37. The van der Waals surface area contributed by atoms with Crippen LogP contribution in [0.25, 0.3) is 17.0 Å². The smallest absolute Gasteiger partial charge is 0.335 e. The maximum absolute atomic E-state index is 13.3. The van der Waals surface area contributed by atoms with Crippen LogP contribution in [0.5, 0.6) is 5.75 Å². The van der Waals surface area contributed by atoms with Crippen molar-refractivity contribution < 1.29 is 28.7 Å². The molecule has 0 saturated carbocycles. The molecule has 2 aromatic carbocycles. The number of amides is 5. The number of nitrogens with zero attached hydrogens (tertiary/aromatic N) is 3. The van der Waals surface area contributed by atoms with Gasteiger partial charge in [0.1, 0.15) is 17.9 Å². The number of barbiturate groups is 1. The number of rotatable bonds is 5. The lowest BCUT2D eigenvalue weighted by molar-refractivity contribution is -0.135. The lowest BCUT2D eigenvalue weighted by atomic mass is 10.1. The van der Waals surface area contributed by atoms with Crippen LogP contribution in [-0.2, 0) is 25.7 Å². The van der Waals surface area contributed by atoms with Gasteiger partial charge in [-0.3, -0.25) is 19.7 Å². The zero-order valence-electron chi connectivity index (χ0n) is 19.6. The van der Waals surface area contributed by atoms with E-state index < -0.39 is 17.8 Å². The van der Waals surface area contributed by atoms with Crippen molar-refractivity contribution >= 4 is 46.4 Å². The Hall–Kier alpha value is -4.44. The minimum Gasteiger partial charge on any atom is -0.497 e. The van der Waals surface area contributed by atoms with Crippen LogP contribution in [0.15, 0.2) is 60.3 Å². The molecule has 5 rings (SSSR count). The number of anilines is 1. The van der Waals surface area contributed by atoms with Crippen molar-refractivity contribution in [1.82, 2.24) is 14.8 Å². The average Bonchev–Trinajstić information content (AvgIpc) is 3.24. The van der Waals surface area contributed by atoms with Crippen molar-refractivity contribution in [3.8, 4) is 5.75 Å². The number of hydrogen-bond donors (Lipinski definition) is 1. The Labute approximate surface area is 206 Å². The number of fused-ring (bicyclic) bond motifs is 1. The lowest BCUT2D eigenvalue weighted by Gasteiger charge is -2.27. The number of ether oxygens (including phenoxy) is 2. The molecule has 10 heteroatoms. The van der Waals surface area contributed by atoms with E-state index in [1.165, 1.54) is 13.2 Å². The predicted octanol–water partition coefficient (Wildman–Crippen LogP) is 2.18. The number of methoxy groups -OCH3 is 1. The summed E-state index contributed by atoms with van der Waals surface area (Å²) in [5, 5.41) is 3.01. The van der Waals surface area contributed by atoms with Gasteiger partial charge in [0.15, 0.2) is 0 Å². The zero-order valence-corrected chi connectivity index (χ0v) is 19.6. The summed E-state index contributed by atoms with van der Waals surface area (Å²) in [6.45, 7) is 2.21. The molecule has 3 heterocycles. The van der Waals surface area contributed by atoms with Gasteiger partial charge in [-0.25, -0.2) is 9.69 Å². The first-order valence-electron chi connectivity index (χ1n) is 11.4. The molecule has 2 aliphatic heterocycles. The third kappa shape index (κ3) is 4.34. The van der Waals surface area contributed by atoms with Crippen LogP contribution in [-0.4, -0.2) is 66.6 Å². The normalized spacial score (nSPS) is 17.6. The van der Waals surface area contributed by atoms with Crippen LogP contribution < -0.4 is 15.0 Å². The Bertz CT molecular complexity index is 1390. The highest BCUT2D eigenvalue weighted by atomic mass is 16.5. The molecule has 1 aromatic heterocycles. The molecule has 5 amide bonds. The van der Waals surface area contributed by atoms with E-state index in [4.69, 9.17) is 9.47 Å². The fourth-order valence-electron chi connectivity index (χ4n) is 4.36. The Morgan fingerprint density at radius 3 is 2.50 bits per heavy atom. The van der Waals surface area contributed by atoms with Crippen LogP contribution in [0.2, 0.25) is 0 Å². The molecular formula is C26H24N4O6. The Morgan fingerprint density at radius 2 is 1.78 bits per heavy atom. The van der Waals surface area contributed by atoms with Crippen LogP contribution in [0.3, 0.4) is 0 Å². The van der Waals surface area contributed by atoms with Gasteiger partial charge in [0, 0.05) is 35.8 Å². The van der Waals surface area contributed by atoms with Gasteiger partial charge in [0.2, 0.25) is 5.91 Å². The van der Waals surface area contributed by atoms with Crippen molar-refractivity contribution in [2.24, 2.45) is 0 Å². The van der Waals surface area contributed by atoms with E-state index in [2.05, 4.69) is 5.32 Å². The maximum atomic E-state index is 13.3. The molecular weight excluding hydrogens is 464 g/mol. The Morgan fingerprint density at radius 1 is 1.06 bits per heavy atom. The molecule has 2 saturated heterocycles. The molecule has 0 spiro atoms. The summed E-state index contributed by atoms with van der Waals surface area (Å²) in [5.74, 6) is -0.998. The summed E-state index contributed by atoms with van der Waals surface area (Å²) < 4.78 is 12.3. The molecule has 36 heavy (non-hydrogen) atoms. The van der Waals surface area contributed by atoms with Crippen molar-refractivity contribution in [3.63, 3.8) is 0 Å². The molecule has 2 aliphatic rings. The standard InChI is InChI=1S/C26H24N4O6/c1-35-19-8-6-18(7-9-19)30-25(33)21(24(32)27-26(30)34)14-17-15-29(22-5-3-2-4-20(17)22)16-23(31)28-10-12-36-13-11-28/h2-9,14-15H,10-13,16H2,1H3,(H,27,32,34)/b21-14+. The fourth-order valence-corrected chi connectivity index (χ4v) is 4.36. The highest BCUT2D eigenvalue weighted by Crippen LogP contribution is 2.27. The number of benzene rings is 2. The van der Waals surface area contributed by atoms with E-state index in [1.54, 1.807) is 39.9 Å². The number of aromatic nitrogens is 1. The van der Waals surface area contributed by atoms with E-state index in [0.29, 0.717) is 43.3 Å². The van der Waals surface area contributed by atoms with Gasteiger partial charge in [-0.05, 0) is 36.4 Å². The van der Waals surface area contributed by atoms with Gasteiger partial charge in [-0.15, -0.1) is 0 Å². The van der Waals surface area contributed by atoms with Crippen LogP contribution in [0, 0.1) is 0 Å². The third-order valence-corrected chi connectivity index (χ3v) is 6.22. The monoisotopic (exact) mass is 488 g/mol.